The molecule has 4 nitrogen and oxygen atoms in total. The lowest BCUT2D eigenvalue weighted by molar-refractivity contribution is -0.121. The zero-order valence-electron chi connectivity index (χ0n) is 13.6. The summed E-state index contributed by atoms with van der Waals surface area (Å²) in [5.74, 6) is 2.11. The van der Waals surface area contributed by atoms with Crippen LogP contribution < -0.4 is 14.8 Å². The van der Waals surface area contributed by atoms with Crippen LogP contribution in [0, 0.1) is 5.82 Å². The fourth-order valence-electron chi connectivity index (χ4n) is 3.14. The Morgan fingerprint density at radius 2 is 2.08 bits per heavy atom. The Kier molecular flexibility index (Phi) is 4.53. The van der Waals surface area contributed by atoms with Gasteiger partial charge in [0.1, 0.15) is 5.82 Å². The highest BCUT2D eigenvalue weighted by Crippen LogP contribution is 2.36. The van der Waals surface area contributed by atoms with Crippen LogP contribution >= 0.6 is 11.8 Å². The largest absolute Gasteiger partial charge is 0.454 e. The fourth-order valence-corrected chi connectivity index (χ4v) is 4.24. The number of rotatable bonds is 4. The van der Waals surface area contributed by atoms with E-state index in [4.69, 9.17) is 9.47 Å². The molecule has 2 aliphatic rings. The number of fused-ring (bicyclic) bond motifs is 2. The molecule has 0 spiro atoms. The summed E-state index contributed by atoms with van der Waals surface area (Å²) in [6.07, 6.45) is 1.82. The van der Waals surface area contributed by atoms with E-state index in [-0.39, 0.29) is 24.6 Å². The smallest absolute Gasteiger partial charge is 0.231 e. The highest BCUT2D eigenvalue weighted by atomic mass is 32.2. The van der Waals surface area contributed by atoms with Crippen molar-refractivity contribution in [2.45, 2.75) is 30.2 Å². The van der Waals surface area contributed by atoms with Crippen LogP contribution in [0.2, 0.25) is 0 Å². The molecule has 0 unspecified atom stereocenters. The van der Waals surface area contributed by atoms with E-state index >= 15 is 0 Å². The molecule has 0 fully saturated rings. The molecule has 0 bridgehead atoms. The van der Waals surface area contributed by atoms with Gasteiger partial charge in [-0.25, -0.2) is 4.39 Å². The first-order valence-corrected chi connectivity index (χ1v) is 9.28. The number of nitrogens with one attached hydrogen (secondary N) is 1. The van der Waals surface area contributed by atoms with Crippen molar-refractivity contribution in [1.82, 2.24) is 5.32 Å². The first-order chi connectivity index (χ1) is 12.2. The van der Waals surface area contributed by atoms with Gasteiger partial charge in [0.05, 0.1) is 6.04 Å². The lowest BCUT2D eigenvalue weighted by atomic mass is 10.0. The third kappa shape index (κ3) is 3.58. The summed E-state index contributed by atoms with van der Waals surface area (Å²) < 4.78 is 24.2. The van der Waals surface area contributed by atoms with Crippen molar-refractivity contribution in [2.24, 2.45) is 0 Å². The van der Waals surface area contributed by atoms with E-state index in [2.05, 4.69) is 5.32 Å². The molecule has 1 N–H and O–H groups in total. The van der Waals surface area contributed by atoms with Gasteiger partial charge in [-0.15, -0.1) is 11.8 Å². The van der Waals surface area contributed by atoms with Crippen LogP contribution in [0.25, 0.3) is 0 Å². The molecule has 0 saturated heterocycles. The van der Waals surface area contributed by atoms with E-state index in [1.54, 1.807) is 17.8 Å². The van der Waals surface area contributed by atoms with Crippen LogP contribution in [0.1, 0.15) is 30.0 Å². The number of halogens is 1. The van der Waals surface area contributed by atoms with E-state index in [1.807, 2.05) is 18.2 Å². The summed E-state index contributed by atoms with van der Waals surface area (Å²) in [6.45, 7) is 0.245. The number of carbonyl (C=O) groups is 1. The molecular weight excluding hydrogens is 341 g/mol. The van der Waals surface area contributed by atoms with Gasteiger partial charge in [-0.1, -0.05) is 6.07 Å². The van der Waals surface area contributed by atoms with Crippen molar-refractivity contribution in [3.05, 3.63) is 53.3 Å². The molecule has 4 rings (SSSR count). The number of hydrogen-bond acceptors (Lipinski definition) is 4. The summed E-state index contributed by atoms with van der Waals surface area (Å²) in [5.41, 5.74) is 1.91. The Labute approximate surface area is 149 Å². The third-order valence-electron chi connectivity index (χ3n) is 4.42. The molecule has 1 amide bonds. The van der Waals surface area contributed by atoms with Gasteiger partial charge in [0.15, 0.2) is 11.5 Å². The van der Waals surface area contributed by atoms with Gasteiger partial charge in [-0.3, -0.25) is 4.79 Å². The van der Waals surface area contributed by atoms with Crippen LogP contribution in [0.15, 0.2) is 41.3 Å². The van der Waals surface area contributed by atoms with Crippen LogP contribution in [-0.2, 0) is 11.2 Å². The molecule has 6 heteroatoms. The van der Waals surface area contributed by atoms with E-state index < -0.39 is 0 Å². The number of aryl methyl sites for hydroxylation is 1. The van der Waals surface area contributed by atoms with Gasteiger partial charge in [0, 0.05) is 17.1 Å². The number of hydrogen-bond donors (Lipinski definition) is 1. The van der Waals surface area contributed by atoms with E-state index in [0.717, 1.165) is 39.7 Å². The van der Waals surface area contributed by atoms with Crippen molar-refractivity contribution in [1.29, 1.82) is 0 Å². The predicted octanol–water partition coefficient (Wildman–Crippen LogP) is 3.84. The molecule has 0 saturated carbocycles. The minimum absolute atomic E-state index is 0.0234. The van der Waals surface area contributed by atoms with Crippen LogP contribution in [0.5, 0.6) is 11.5 Å². The van der Waals surface area contributed by atoms with Crippen molar-refractivity contribution in [2.75, 3.05) is 12.5 Å². The monoisotopic (exact) mass is 359 g/mol. The van der Waals surface area contributed by atoms with Crippen LogP contribution in [0.3, 0.4) is 0 Å². The quantitative estimate of drug-likeness (QED) is 0.901. The van der Waals surface area contributed by atoms with Gasteiger partial charge < -0.3 is 14.8 Å². The molecule has 130 valence electrons. The average molecular weight is 359 g/mol. The summed E-state index contributed by atoms with van der Waals surface area (Å²) in [6, 6.07) is 10.4. The number of thioether (sulfide) groups is 1. The van der Waals surface area contributed by atoms with Gasteiger partial charge in [-0.2, -0.15) is 0 Å². The number of benzene rings is 2. The Morgan fingerprint density at radius 3 is 3.00 bits per heavy atom. The van der Waals surface area contributed by atoms with E-state index in [0.29, 0.717) is 12.8 Å². The minimum Gasteiger partial charge on any atom is -0.454 e. The fraction of sp³-hybridized carbons (Fsp3) is 0.316. The van der Waals surface area contributed by atoms with Gasteiger partial charge >= 0.3 is 0 Å². The zero-order valence-corrected chi connectivity index (χ0v) is 14.4. The molecule has 2 aromatic carbocycles. The molecule has 2 aromatic rings. The molecule has 0 aliphatic carbocycles. The topological polar surface area (TPSA) is 47.6 Å². The first-order valence-electron chi connectivity index (χ1n) is 8.29. The van der Waals surface area contributed by atoms with Gasteiger partial charge in [-0.05, 0) is 54.3 Å². The number of carbonyl (C=O) groups excluding carboxylic acids is 1. The van der Waals surface area contributed by atoms with Crippen molar-refractivity contribution in [3.8, 4) is 11.5 Å². The van der Waals surface area contributed by atoms with Crippen LogP contribution in [-0.4, -0.2) is 18.5 Å². The maximum Gasteiger partial charge on any atom is 0.231 e. The van der Waals surface area contributed by atoms with Crippen molar-refractivity contribution >= 4 is 17.7 Å². The second-order valence-corrected chi connectivity index (χ2v) is 7.26. The number of ether oxygens (including phenoxy) is 2. The Hall–Kier alpha value is -2.21. The SMILES string of the molecule is O=C(CCc1ccc2c(c1)OCO2)N[C@H]1CCSc2ccc(F)cc21. The average Bonchev–Trinajstić information content (AvgIpc) is 3.08. The normalized spacial score (nSPS) is 17.9. The minimum atomic E-state index is -0.263. The summed E-state index contributed by atoms with van der Waals surface area (Å²) in [5, 5.41) is 3.05. The zero-order chi connectivity index (χ0) is 17.2. The lowest BCUT2D eigenvalue weighted by Crippen LogP contribution is -2.30. The van der Waals surface area contributed by atoms with Gasteiger partial charge in [0.25, 0.3) is 0 Å². The van der Waals surface area contributed by atoms with Crippen molar-refractivity contribution in [3.63, 3.8) is 0 Å². The maximum absolute atomic E-state index is 13.5. The molecule has 0 radical (unpaired) electrons. The first kappa shape index (κ1) is 16.3. The Balaban J connectivity index is 1.38. The highest BCUT2D eigenvalue weighted by Gasteiger charge is 2.23. The van der Waals surface area contributed by atoms with Gasteiger partial charge in [0.2, 0.25) is 12.7 Å². The molecular formula is C19H18FNO3S. The lowest BCUT2D eigenvalue weighted by Gasteiger charge is -2.26. The molecule has 25 heavy (non-hydrogen) atoms. The maximum atomic E-state index is 13.5. The van der Waals surface area contributed by atoms with Crippen LogP contribution in [0.4, 0.5) is 4.39 Å². The summed E-state index contributed by atoms with van der Waals surface area (Å²) in [4.78, 5) is 13.4. The Bertz CT molecular complexity index is 811. The van der Waals surface area contributed by atoms with Crippen molar-refractivity contribution < 1.29 is 18.7 Å². The second-order valence-electron chi connectivity index (χ2n) is 6.13. The molecule has 2 aliphatic heterocycles. The third-order valence-corrected chi connectivity index (χ3v) is 5.55. The summed E-state index contributed by atoms with van der Waals surface area (Å²) in [7, 11) is 0. The number of amides is 1. The summed E-state index contributed by atoms with van der Waals surface area (Å²) >= 11 is 1.71. The predicted molar refractivity (Wildman–Crippen MR) is 93.5 cm³/mol. The second kappa shape index (κ2) is 6.96. The standard InChI is InChI=1S/C19H18FNO3S/c20-13-3-5-18-14(10-13)15(7-8-25-18)21-19(22)6-2-12-1-4-16-17(9-12)24-11-23-16/h1,3-5,9-10,15H,2,6-8,11H2,(H,21,22)/t15-/m0/s1. The molecule has 0 aromatic heterocycles. The van der Waals surface area contributed by atoms with E-state index in [9.17, 15) is 9.18 Å². The Morgan fingerprint density at radius 1 is 1.20 bits per heavy atom. The highest BCUT2D eigenvalue weighted by molar-refractivity contribution is 7.99. The molecule has 1 atom stereocenters. The molecule has 2 heterocycles. The van der Waals surface area contributed by atoms with E-state index in [1.165, 1.54) is 12.1 Å².